The summed E-state index contributed by atoms with van der Waals surface area (Å²) in [5.41, 5.74) is 0. The van der Waals surface area contributed by atoms with E-state index in [1.807, 2.05) is 0 Å². The average Bonchev–Trinajstić information content (AvgIpc) is 2.40. The van der Waals surface area contributed by atoms with Crippen LogP contribution in [0.15, 0.2) is 0 Å². The van der Waals surface area contributed by atoms with Crippen molar-refractivity contribution in [1.82, 2.24) is 22.5 Å². The van der Waals surface area contributed by atoms with Crippen molar-refractivity contribution in [3.8, 4) is 0 Å². The van der Waals surface area contributed by atoms with Crippen molar-refractivity contribution in [3.05, 3.63) is 0 Å². The van der Waals surface area contributed by atoms with Crippen molar-refractivity contribution in [2.24, 2.45) is 0 Å². The van der Waals surface area contributed by atoms with E-state index in [-0.39, 0.29) is 13.1 Å². The van der Waals surface area contributed by atoms with Crippen molar-refractivity contribution >= 4 is 20.4 Å². The summed E-state index contributed by atoms with van der Waals surface area (Å²) >= 11 is 0. The molecule has 0 saturated carbocycles. The van der Waals surface area contributed by atoms with Crippen molar-refractivity contribution in [1.29, 1.82) is 0 Å². The summed E-state index contributed by atoms with van der Waals surface area (Å²) in [6, 6.07) is 0. The smallest absolute Gasteiger partial charge is 0.281 e. The van der Waals surface area contributed by atoms with Crippen LogP contribution in [0.4, 0.5) is 0 Å². The molecule has 0 rings (SSSR count). The van der Waals surface area contributed by atoms with Crippen LogP contribution < -0.4 is 5.32 Å². The Hall–Kier alpha value is -0.300. The number of hydrogen-bond donors (Lipinski definition) is 1. The molecule has 0 heterocycles. The predicted molar refractivity (Wildman–Crippen MR) is 83.3 cm³/mol. The minimum Gasteiger partial charge on any atom is -0.318 e. The summed E-state index contributed by atoms with van der Waals surface area (Å²) in [6.07, 6.45) is 0. The van der Waals surface area contributed by atoms with Gasteiger partial charge in [0.1, 0.15) is 0 Å². The molecule has 0 atom stereocenters. The highest BCUT2D eigenvalue weighted by Gasteiger charge is 2.25. The average molecular weight is 345 g/mol. The fourth-order valence-corrected chi connectivity index (χ4v) is 3.39. The Morgan fingerprint density at radius 2 is 1.10 bits per heavy atom. The molecule has 9 nitrogen and oxygen atoms in total. The molecule has 128 valence electrons. The standard InChI is InChI=1S/C10H27N5O4S2/c1-11-7-8-13(4)21(18,19)15(6)10-9-14(5)20(16,17)12(2)3/h11H,7-10H2,1-6H3. The molecule has 0 unspecified atom stereocenters. The summed E-state index contributed by atoms with van der Waals surface area (Å²) in [6.45, 7) is 1.04. The van der Waals surface area contributed by atoms with E-state index >= 15 is 0 Å². The van der Waals surface area contributed by atoms with Crippen LogP contribution >= 0.6 is 0 Å². The van der Waals surface area contributed by atoms with Gasteiger partial charge in [-0.05, 0) is 7.05 Å². The monoisotopic (exact) mass is 345 g/mol. The third-order valence-electron chi connectivity index (χ3n) is 3.05. The van der Waals surface area contributed by atoms with Gasteiger partial charge in [-0.3, -0.25) is 0 Å². The first-order valence-electron chi connectivity index (χ1n) is 6.44. The molecule has 0 aliphatic heterocycles. The van der Waals surface area contributed by atoms with E-state index in [0.717, 1.165) is 12.9 Å². The number of hydrogen-bond acceptors (Lipinski definition) is 5. The van der Waals surface area contributed by atoms with Crippen LogP contribution in [0.5, 0.6) is 0 Å². The van der Waals surface area contributed by atoms with Gasteiger partial charge in [-0.1, -0.05) is 0 Å². The first-order chi connectivity index (χ1) is 9.47. The zero-order valence-electron chi connectivity index (χ0n) is 13.6. The van der Waals surface area contributed by atoms with Crippen LogP contribution in [-0.2, 0) is 20.4 Å². The molecule has 0 aliphatic rings. The summed E-state index contributed by atoms with van der Waals surface area (Å²) < 4.78 is 52.6. The maximum Gasteiger partial charge on any atom is 0.281 e. The van der Waals surface area contributed by atoms with E-state index < -0.39 is 20.4 Å². The topological polar surface area (TPSA) is 93.3 Å². The normalized spacial score (nSPS) is 13.8. The zero-order valence-corrected chi connectivity index (χ0v) is 15.2. The summed E-state index contributed by atoms with van der Waals surface area (Å²) in [5.74, 6) is 0. The Labute approximate surface area is 128 Å². The van der Waals surface area contributed by atoms with E-state index in [9.17, 15) is 16.8 Å². The molecule has 11 heteroatoms. The van der Waals surface area contributed by atoms with Gasteiger partial charge in [0.2, 0.25) is 0 Å². The lowest BCUT2D eigenvalue weighted by molar-refractivity contribution is 0.357. The van der Waals surface area contributed by atoms with Gasteiger partial charge in [-0.25, -0.2) is 0 Å². The van der Waals surface area contributed by atoms with Crippen molar-refractivity contribution in [3.63, 3.8) is 0 Å². The molecule has 0 saturated heterocycles. The van der Waals surface area contributed by atoms with Crippen LogP contribution in [0.1, 0.15) is 0 Å². The highest BCUT2D eigenvalue weighted by atomic mass is 32.2. The summed E-state index contributed by atoms with van der Waals surface area (Å²) in [5, 5.41) is 2.87. The number of likely N-dealkylation sites (N-methyl/N-ethyl adjacent to an activating group) is 4. The number of nitrogens with zero attached hydrogens (tertiary/aromatic N) is 4. The van der Waals surface area contributed by atoms with Crippen molar-refractivity contribution < 1.29 is 16.8 Å². The van der Waals surface area contributed by atoms with Gasteiger partial charge in [0, 0.05) is 61.4 Å². The Kier molecular flexibility index (Phi) is 8.24. The van der Waals surface area contributed by atoms with Gasteiger partial charge < -0.3 is 5.32 Å². The minimum absolute atomic E-state index is 0.0792. The van der Waals surface area contributed by atoms with E-state index in [0.29, 0.717) is 13.1 Å². The van der Waals surface area contributed by atoms with Gasteiger partial charge in [0.15, 0.2) is 0 Å². The molecule has 0 fully saturated rings. The zero-order chi connectivity index (χ0) is 16.8. The van der Waals surface area contributed by atoms with Gasteiger partial charge >= 0.3 is 0 Å². The fourth-order valence-electron chi connectivity index (χ4n) is 1.41. The first kappa shape index (κ1) is 20.7. The van der Waals surface area contributed by atoms with Gasteiger partial charge in [0.25, 0.3) is 20.4 Å². The lowest BCUT2D eigenvalue weighted by Crippen LogP contribution is -2.46. The quantitative estimate of drug-likeness (QED) is 0.497. The molecule has 0 aromatic carbocycles. The van der Waals surface area contributed by atoms with Gasteiger partial charge in [0.05, 0.1) is 0 Å². The van der Waals surface area contributed by atoms with E-state index in [1.54, 1.807) is 7.05 Å². The lowest BCUT2D eigenvalue weighted by Gasteiger charge is -2.27. The molecule has 0 spiro atoms. The van der Waals surface area contributed by atoms with Crippen LogP contribution in [-0.4, -0.2) is 103 Å². The third-order valence-corrected chi connectivity index (χ3v) is 6.88. The fraction of sp³-hybridized carbons (Fsp3) is 1.00. The first-order valence-corrected chi connectivity index (χ1v) is 9.23. The molecule has 21 heavy (non-hydrogen) atoms. The van der Waals surface area contributed by atoms with E-state index in [1.165, 1.54) is 39.5 Å². The molecule has 0 radical (unpaired) electrons. The minimum atomic E-state index is -3.58. The second-order valence-electron chi connectivity index (χ2n) is 4.87. The molecule has 0 aromatic rings. The maximum absolute atomic E-state index is 12.2. The van der Waals surface area contributed by atoms with Crippen LogP contribution in [0.2, 0.25) is 0 Å². The van der Waals surface area contributed by atoms with E-state index in [2.05, 4.69) is 5.32 Å². The molecule has 1 N–H and O–H groups in total. The molecule has 0 amide bonds. The van der Waals surface area contributed by atoms with Gasteiger partial charge in [-0.2, -0.15) is 34.1 Å². The molecule has 0 bridgehead atoms. The second-order valence-corrected chi connectivity index (χ2v) is 9.26. The highest BCUT2D eigenvalue weighted by molar-refractivity contribution is 7.87. The Morgan fingerprint density at radius 3 is 1.48 bits per heavy atom. The summed E-state index contributed by atoms with van der Waals surface area (Å²) in [7, 11) is 1.82. The highest BCUT2D eigenvalue weighted by Crippen LogP contribution is 2.05. The Balaban J connectivity index is 4.66. The predicted octanol–water partition coefficient (Wildman–Crippen LogP) is -1.95. The van der Waals surface area contributed by atoms with Crippen molar-refractivity contribution in [2.75, 3.05) is 68.5 Å². The van der Waals surface area contributed by atoms with Crippen molar-refractivity contribution in [2.45, 2.75) is 0 Å². The molecular weight excluding hydrogens is 318 g/mol. The number of rotatable bonds is 10. The largest absolute Gasteiger partial charge is 0.318 e. The number of nitrogens with one attached hydrogen (secondary N) is 1. The van der Waals surface area contributed by atoms with Crippen LogP contribution in [0, 0.1) is 0 Å². The second kappa shape index (κ2) is 8.36. The maximum atomic E-state index is 12.2. The van der Waals surface area contributed by atoms with Gasteiger partial charge in [-0.15, -0.1) is 0 Å². The summed E-state index contributed by atoms with van der Waals surface area (Å²) in [4.78, 5) is 0. The Morgan fingerprint density at radius 1 is 0.714 bits per heavy atom. The molecular formula is C10H27N5O4S2. The van der Waals surface area contributed by atoms with Crippen LogP contribution in [0.3, 0.4) is 0 Å². The van der Waals surface area contributed by atoms with E-state index in [4.69, 9.17) is 0 Å². The molecule has 0 aliphatic carbocycles. The Bertz CT molecular complexity index is 506. The molecule has 0 aromatic heterocycles. The van der Waals surface area contributed by atoms with Crippen LogP contribution in [0.25, 0.3) is 0 Å². The lowest BCUT2D eigenvalue weighted by atomic mass is 10.6. The SMILES string of the molecule is CNCCN(C)S(=O)(=O)N(C)CCN(C)S(=O)(=O)N(C)C. The third kappa shape index (κ3) is 5.77.